The second-order valence-corrected chi connectivity index (χ2v) is 12.1. The summed E-state index contributed by atoms with van der Waals surface area (Å²) in [5, 5.41) is 16.0. The quantitative estimate of drug-likeness (QED) is 0.179. The standard InChI is InChI=1S/C31H39F2N7O2.C2HF3O2/c1-17(2)36-29(41)21-12-11-20(7)22(15-21)26-23-16-35-31(42)40(27-24(32)9-8-10-25(27)33)28(23)38-30(37-26)34-13-14-39(18(3)4)19(5)6;3-2(4,5)1(6)7/h8-12,15,17-19H,13-14,16H2,1-7H3,(H,35,42)(H,36,41)(H,34,37,38);(H,6,7). The summed E-state index contributed by atoms with van der Waals surface area (Å²) in [6, 6.07) is 8.59. The summed E-state index contributed by atoms with van der Waals surface area (Å²) in [4.78, 5) is 47.6. The molecule has 0 aliphatic carbocycles. The number of fused-ring (bicyclic) bond motifs is 1. The van der Waals surface area contributed by atoms with Crippen LogP contribution in [0.5, 0.6) is 0 Å². The molecule has 2 heterocycles. The summed E-state index contributed by atoms with van der Waals surface area (Å²) in [6.07, 6.45) is -5.08. The summed E-state index contributed by atoms with van der Waals surface area (Å²) >= 11 is 0. The Labute approximate surface area is 280 Å². The molecule has 266 valence electrons. The number of nitrogens with zero attached hydrogens (tertiary/aromatic N) is 4. The molecule has 0 unspecified atom stereocenters. The van der Waals surface area contributed by atoms with E-state index in [0.29, 0.717) is 47.6 Å². The van der Waals surface area contributed by atoms with Gasteiger partial charge in [-0.2, -0.15) is 18.2 Å². The predicted octanol–water partition coefficient (Wildman–Crippen LogP) is 6.39. The van der Waals surface area contributed by atoms with Gasteiger partial charge in [0, 0.05) is 47.9 Å². The lowest BCUT2D eigenvalue weighted by molar-refractivity contribution is -0.192. The molecule has 0 radical (unpaired) electrons. The number of carboxylic acids is 1. The van der Waals surface area contributed by atoms with Crippen LogP contribution in [0.4, 0.5) is 44.2 Å². The fourth-order valence-electron chi connectivity index (χ4n) is 5.14. The highest BCUT2D eigenvalue weighted by molar-refractivity contribution is 6.02. The fraction of sp³-hybridized carbons (Fsp3) is 0.424. The molecule has 3 aromatic rings. The van der Waals surface area contributed by atoms with E-state index in [1.54, 1.807) is 12.1 Å². The highest BCUT2D eigenvalue weighted by Gasteiger charge is 2.38. The largest absolute Gasteiger partial charge is 0.490 e. The van der Waals surface area contributed by atoms with Crippen molar-refractivity contribution in [2.75, 3.05) is 23.3 Å². The molecule has 3 amide bonds. The van der Waals surface area contributed by atoms with Crippen LogP contribution in [0.1, 0.15) is 63.0 Å². The second-order valence-electron chi connectivity index (χ2n) is 12.1. The number of carboxylic acid groups (broad SMARTS) is 1. The van der Waals surface area contributed by atoms with E-state index in [4.69, 9.17) is 14.9 Å². The van der Waals surface area contributed by atoms with Crippen molar-refractivity contribution in [1.82, 2.24) is 25.5 Å². The Morgan fingerprint density at radius 3 is 2.14 bits per heavy atom. The van der Waals surface area contributed by atoms with E-state index in [1.165, 1.54) is 6.07 Å². The van der Waals surface area contributed by atoms with Gasteiger partial charge in [-0.15, -0.1) is 0 Å². The van der Waals surface area contributed by atoms with E-state index in [2.05, 4.69) is 53.5 Å². The van der Waals surface area contributed by atoms with Gasteiger partial charge >= 0.3 is 18.2 Å². The van der Waals surface area contributed by atoms with Gasteiger partial charge in [0.05, 0.1) is 12.2 Å². The monoisotopic (exact) mass is 693 g/mol. The minimum absolute atomic E-state index is 0.0344. The van der Waals surface area contributed by atoms with Crippen molar-refractivity contribution < 1.29 is 41.4 Å². The summed E-state index contributed by atoms with van der Waals surface area (Å²) in [5.74, 6) is -4.53. The molecule has 1 aromatic heterocycles. The minimum Gasteiger partial charge on any atom is -0.475 e. The molecule has 4 N–H and O–H groups in total. The summed E-state index contributed by atoms with van der Waals surface area (Å²) in [7, 11) is 0. The van der Waals surface area contributed by atoms with Gasteiger partial charge in [0.2, 0.25) is 5.95 Å². The molecule has 0 fully saturated rings. The normalized spacial score (nSPS) is 12.9. The number of urea groups is 1. The number of nitrogens with one attached hydrogen (secondary N) is 3. The summed E-state index contributed by atoms with van der Waals surface area (Å²) in [6.45, 7) is 15.4. The number of rotatable bonds is 10. The van der Waals surface area contributed by atoms with Gasteiger partial charge in [-0.05, 0) is 78.3 Å². The molecular formula is C33H40F5N7O4. The van der Waals surface area contributed by atoms with Gasteiger partial charge in [0.15, 0.2) is 5.82 Å². The van der Waals surface area contributed by atoms with Crippen LogP contribution in [0.2, 0.25) is 0 Å². The maximum atomic E-state index is 15.0. The molecule has 0 bridgehead atoms. The van der Waals surface area contributed by atoms with Crippen molar-refractivity contribution in [2.24, 2.45) is 0 Å². The molecule has 4 rings (SSSR count). The second kappa shape index (κ2) is 16.0. The van der Waals surface area contributed by atoms with E-state index in [-0.39, 0.29) is 30.3 Å². The zero-order chi connectivity index (χ0) is 36.8. The number of carbonyl (C=O) groups is 3. The highest BCUT2D eigenvalue weighted by Crippen LogP contribution is 2.39. The third-order valence-electron chi connectivity index (χ3n) is 7.37. The van der Waals surface area contributed by atoms with Crippen molar-refractivity contribution >= 4 is 35.4 Å². The van der Waals surface area contributed by atoms with Crippen molar-refractivity contribution in [3.05, 3.63) is 64.7 Å². The first-order valence-electron chi connectivity index (χ1n) is 15.5. The Morgan fingerprint density at radius 1 is 1.02 bits per heavy atom. The van der Waals surface area contributed by atoms with E-state index in [9.17, 15) is 22.8 Å². The number of hydrogen-bond acceptors (Lipinski definition) is 7. The molecule has 49 heavy (non-hydrogen) atoms. The first-order valence-corrected chi connectivity index (χ1v) is 15.5. The average Bonchev–Trinajstić information content (AvgIpc) is 2.99. The summed E-state index contributed by atoms with van der Waals surface area (Å²) < 4.78 is 61.8. The third kappa shape index (κ3) is 9.62. The lowest BCUT2D eigenvalue weighted by atomic mass is 9.97. The van der Waals surface area contributed by atoms with Crippen molar-refractivity contribution in [2.45, 2.75) is 79.3 Å². The van der Waals surface area contributed by atoms with E-state index in [0.717, 1.165) is 22.6 Å². The Bertz CT molecular complexity index is 1650. The molecule has 16 heteroatoms. The van der Waals surface area contributed by atoms with Crippen LogP contribution in [0, 0.1) is 18.6 Å². The van der Waals surface area contributed by atoms with Gasteiger partial charge in [-0.3, -0.25) is 9.69 Å². The number of aryl methyl sites for hydroxylation is 1. The zero-order valence-corrected chi connectivity index (χ0v) is 28.2. The Hall–Kier alpha value is -4.86. The van der Waals surface area contributed by atoms with E-state index >= 15 is 8.78 Å². The molecule has 0 atom stereocenters. The number of hydrogen-bond donors (Lipinski definition) is 4. The summed E-state index contributed by atoms with van der Waals surface area (Å²) in [5.41, 5.74) is 2.30. The molecule has 0 saturated carbocycles. The Balaban J connectivity index is 0.000000838. The van der Waals surface area contributed by atoms with Gasteiger partial charge < -0.3 is 21.1 Å². The SMILES string of the molecule is Cc1ccc(C(=O)NC(C)C)cc1-c1nc(NCCN(C(C)C)C(C)C)nc2c1CNC(=O)N2c1c(F)cccc1F.O=C(O)C(F)(F)F. The number of alkyl halides is 3. The maximum absolute atomic E-state index is 15.0. The minimum atomic E-state index is -5.08. The molecule has 2 aromatic carbocycles. The maximum Gasteiger partial charge on any atom is 0.490 e. The van der Waals surface area contributed by atoms with Crippen molar-refractivity contribution in [3.8, 4) is 11.3 Å². The Kier molecular flexibility index (Phi) is 12.6. The molecule has 11 nitrogen and oxygen atoms in total. The number of benzene rings is 2. The number of halogens is 5. The average molecular weight is 694 g/mol. The topological polar surface area (TPSA) is 140 Å². The van der Waals surface area contributed by atoms with Crippen LogP contribution in [0.15, 0.2) is 36.4 Å². The molecule has 0 saturated heterocycles. The van der Waals surface area contributed by atoms with Crippen LogP contribution in [-0.2, 0) is 11.3 Å². The smallest absolute Gasteiger partial charge is 0.475 e. The van der Waals surface area contributed by atoms with Crippen LogP contribution in [0.25, 0.3) is 11.3 Å². The number of amides is 3. The first kappa shape index (κ1) is 38.6. The fourth-order valence-corrected chi connectivity index (χ4v) is 5.14. The number of aliphatic carboxylic acids is 1. The molecule has 0 spiro atoms. The van der Waals surface area contributed by atoms with Crippen LogP contribution < -0.4 is 20.9 Å². The number of carbonyl (C=O) groups excluding carboxylic acids is 2. The van der Waals surface area contributed by atoms with Gasteiger partial charge in [0.25, 0.3) is 5.91 Å². The molecule has 1 aliphatic heterocycles. The lowest BCUT2D eigenvalue weighted by Crippen LogP contribution is -2.43. The first-order chi connectivity index (χ1) is 22.8. The number of aromatic nitrogens is 2. The number of para-hydroxylation sites is 1. The van der Waals surface area contributed by atoms with Crippen LogP contribution >= 0.6 is 0 Å². The Morgan fingerprint density at radius 2 is 1.61 bits per heavy atom. The third-order valence-corrected chi connectivity index (χ3v) is 7.37. The van der Waals surface area contributed by atoms with Crippen molar-refractivity contribution in [1.29, 1.82) is 0 Å². The number of anilines is 3. The highest BCUT2D eigenvalue weighted by atomic mass is 19.4. The van der Waals surface area contributed by atoms with Gasteiger partial charge in [-0.25, -0.2) is 28.3 Å². The van der Waals surface area contributed by atoms with Crippen LogP contribution in [-0.4, -0.2) is 75.3 Å². The van der Waals surface area contributed by atoms with E-state index in [1.807, 2.05) is 26.8 Å². The molecular weight excluding hydrogens is 653 g/mol. The zero-order valence-electron chi connectivity index (χ0n) is 28.2. The van der Waals surface area contributed by atoms with Crippen molar-refractivity contribution in [3.63, 3.8) is 0 Å². The molecule has 1 aliphatic rings. The van der Waals surface area contributed by atoms with E-state index < -0.39 is 35.5 Å². The van der Waals surface area contributed by atoms with Gasteiger partial charge in [0.1, 0.15) is 17.3 Å². The predicted molar refractivity (Wildman–Crippen MR) is 175 cm³/mol. The van der Waals surface area contributed by atoms with Gasteiger partial charge in [-0.1, -0.05) is 12.1 Å². The van der Waals surface area contributed by atoms with Crippen LogP contribution in [0.3, 0.4) is 0 Å². The lowest BCUT2D eigenvalue weighted by Gasteiger charge is -2.32.